The summed E-state index contributed by atoms with van der Waals surface area (Å²) in [5, 5.41) is 6.40. The van der Waals surface area contributed by atoms with Crippen molar-refractivity contribution in [2.45, 2.75) is 44.9 Å². The first-order valence-corrected chi connectivity index (χ1v) is 9.10. The average molecular weight is 364 g/mol. The second-order valence-electron chi connectivity index (χ2n) is 7.33. The highest BCUT2D eigenvalue weighted by molar-refractivity contribution is 5.92. The van der Waals surface area contributed by atoms with Gasteiger partial charge in [-0.2, -0.15) is 0 Å². The average Bonchev–Trinajstić information content (AvgIpc) is 3.35. The van der Waals surface area contributed by atoms with Crippen LogP contribution in [0.25, 0.3) is 11.1 Å². The summed E-state index contributed by atoms with van der Waals surface area (Å²) in [6.07, 6.45) is 5.26. The van der Waals surface area contributed by atoms with Crippen molar-refractivity contribution in [2.24, 2.45) is 11.8 Å². The zero-order valence-electron chi connectivity index (χ0n) is 14.6. The van der Waals surface area contributed by atoms with E-state index in [1.807, 2.05) is 18.2 Å². The molecule has 1 aliphatic heterocycles. The summed E-state index contributed by atoms with van der Waals surface area (Å²) in [7, 11) is 0. The quantitative estimate of drug-likeness (QED) is 0.839. The van der Waals surface area contributed by atoms with Crippen LogP contribution in [0.3, 0.4) is 0 Å². The molecule has 1 saturated heterocycles. The maximum atomic E-state index is 12.4. The van der Waals surface area contributed by atoms with Gasteiger partial charge < -0.3 is 15.1 Å². The van der Waals surface area contributed by atoms with E-state index >= 15 is 0 Å². The number of halogens is 1. The van der Waals surface area contributed by atoms with Gasteiger partial charge in [-0.25, -0.2) is 4.98 Å². The molecule has 0 spiro atoms. The number of aromatic nitrogens is 1. The molecule has 2 N–H and O–H groups in total. The molecule has 136 valence electrons. The molecule has 0 radical (unpaired) electrons. The second-order valence-corrected chi connectivity index (χ2v) is 7.33. The van der Waals surface area contributed by atoms with Gasteiger partial charge in [0.15, 0.2) is 11.5 Å². The number of carbonyl (C=O) groups is 1. The maximum absolute atomic E-state index is 12.4. The Morgan fingerprint density at radius 1 is 1.32 bits per heavy atom. The summed E-state index contributed by atoms with van der Waals surface area (Å²) in [5.41, 5.74) is 2.44. The van der Waals surface area contributed by atoms with E-state index in [1.165, 1.54) is 25.7 Å². The lowest BCUT2D eigenvalue weighted by molar-refractivity contribution is -0.117. The van der Waals surface area contributed by atoms with Gasteiger partial charge in [-0.1, -0.05) is 6.92 Å². The van der Waals surface area contributed by atoms with Gasteiger partial charge in [0.05, 0.1) is 0 Å². The third-order valence-electron chi connectivity index (χ3n) is 5.31. The minimum atomic E-state index is 0. The molecule has 2 aromatic rings. The van der Waals surface area contributed by atoms with Crippen molar-refractivity contribution in [2.75, 3.05) is 18.4 Å². The third-order valence-corrected chi connectivity index (χ3v) is 5.31. The van der Waals surface area contributed by atoms with Crippen molar-refractivity contribution < 1.29 is 9.21 Å². The van der Waals surface area contributed by atoms with E-state index in [2.05, 4.69) is 22.5 Å². The summed E-state index contributed by atoms with van der Waals surface area (Å²) in [5.74, 6) is 2.50. The van der Waals surface area contributed by atoms with Crippen molar-refractivity contribution in [3.8, 4) is 0 Å². The van der Waals surface area contributed by atoms with Crippen molar-refractivity contribution in [3.63, 3.8) is 0 Å². The fourth-order valence-electron chi connectivity index (χ4n) is 3.61. The molecule has 1 unspecified atom stereocenters. The third kappa shape index (κ3) is 4.33. The Kier molecular flexibility index (Phi) is 5.64. The summed E-state index contributed by atoms with van der Waals surface area (Å²) in [4.78, 5) is 16.9. The van der Waals surface area contributed by atoms with Crippen LogP contribution in [0.5, 0.6) is 0 Å². The Morgan fingerprint density at radius 3 is 2.80 bits per heavy atom. The molecule has 6 heteroatoms. The van der Waals surface area contributed by atoms with Crippen LogP contribution < -0.4 is 10.6 Å². The smallest absolute Gasteiger partial charge is 0.224 e. The number of piperidine rings is 1. The van der Waals surface area contributed by atoms with E-state index in [0.717, 1.165) is 35.8 Å². The molecule has 25 heavy (non-hydrogen) atoms. The van der Waals surface area contributed by atoms with Gasteiger partial charge in [0.25, 0.3) is 0 Å². The number of nitrogens with zero attached hydrogens (tertiary/aromatic N) is 1. The number of oxazole rings is 1. The second kappa shape index (κ2) is 7.75. The largest absolute Gasteiger partial charge is 0.440 e. The lowest BCUT2D eigenvalue weighted by Gasteiger charge is -2.27. The first-order valence-electron chi connectivity index (χ1n) is 9.10. The molecule has 1 aromatic carbocycles. The number of hydrogen-bond donors (Lipinski definition) is 2. The molecule has 1 atom stereocenters. The molecule has 1 aromatic heterocycles. The number of fused-ring (bicyclic) bond motifs is 1. The zero-order valence-corrected chi connectivity index (χ0v) is 15.4. The van der Waals surface area contributed by atoms with Crippen LogP contribution in [0.1, 0.15) is 50.8 Å². The van der Waals surface area contributed by atoms with E-state index in [1.54, 1.807) is 0 Å². The highest BCUT2D eigenvalue weighted by Gasteiger charge is 2.29. The number of rotatable bonds is 5. The molecule has 1 aliphatic carbocycles. The molecular weight excluding hydrogens is 338 g/mol. The number of hydrogen-bond acceptors (Lipinski definition) is 4. The first-order chi connectivity index (χ1) is 11.7. The lowest BCUT2D eigenvalue weighted by Crippen LogP contribution is -2.32. The van der Waals surface area contributed by atoms with Gasteiger partial charge in [-0.05, 0) is 68.8 Å². The Hall–Kier alpha value is -1.59. The van der Waals surface area contributed by atoms with Crippen LogP contribution in [0.4, 0.5) is 5.69 Å². The Labute approximate surface area is 154 Å². The van der Waals surface area contributed by atoms with Crippen molar-refractivity contribution in [1.29, 1.82) is 0 Å². The predicted octanol–water partition coefficient (Wildman–Crippen LogP) is 4.09. The summed E-state index contributed by atoms with van der Waals surface area (Å²) < 4.78 is 5.77. The molecule has 5 nitrogen and oxygen atoms in total. The number of nitrogens with one attached hydrogen (secondary N) is 2. The molecule has 2 aliphatic rings. The topological polar surface area (TPSA) is 67.2 Å². The highest BCUT2D eigenvalue weighted by Crippen LogP contribution is 2.40. The summed E-state index contributed by atoms with van der Waals surface area (Å²) >= 11 is 0. The molecule has 1 saturated carbocycles. The van der Waals surface area contributed by atoms with Crippen molar-refractivity contribution >= 4 is 35.1 Å². The van der Waals surface area contributed by atoms with Crippen molar-refractivity contribution in [3.05, 3.63) is 24.1 Å². The standard InChI is InChI=1S/C19H25N3O2.ClH/c1-12(13-6-8-20-9-7-13)10-18(23)21-15-4-5-17-16(11-15)22-19(24-17)14-2-3-14;/h4-5,11-14,20H,2-3,6-10H2,1H3,(H,21,23);1H. The maximum Gasteiger partial charge on any atom is 0.224 e. The van der Waals surface area contributed by atoms with Crippen LogP contribution in [0, 0.1) is 11.8 Å². The number of amides is 1. The number of benzene rings is 1. The SMILES string of the molecule is CC(CC(=O)Nc1ccc2oc(C3CC3)nc2c1)C1CCNCC1.Cl. The van der Waals surface area contributed by atoms with E-state index < -0.39 is 0 Å². The molecule has 1 amide bonds. The van der Waals surface area contributed by atoms with Gasteiger partial charge in [0.1, 0.15) is 5.52 Å². The van der Waals surface area contributed by atoms with E-state index in [-0.39, 0.29) is 18.3 Å². The molecule has 4 rings (SSSR count). The number of anilines is 1. The monoisotopic (exact) mass is 363 g/mol. The summed E-state index contributed by atoms with van der Waals surface area (Å²) in [6, 6.07) is 5.72. The van der Waals surface area contributed by atoms with Crippen molar-refractivity contribution in [1.82, 2.24) is 10.3 Å². The minimum absolute atomic E-state index is 0. The van der Waals surface area contributed by atoms with Crippen LogP contribution in [-0.2, 0) is 4.79 Å². The van der Waals surface area contributed by atoms with E-state index in [0.29, 0.717) is 24.2 Å². The first kappa shape index (κ1) is 18.2. The fraction of sp³-hybridized carbons (Fsp3) is 0.579. The molecule has 2 heterocycles. The number of carbonyl (C=O) groups excluding carboxylic acids is 1. The lowest BCUT2D eigenvalue weighted by atomic mass is 9.84. The molecule has 2 fully saturated rings. The zero-order chi connectivity index (χ0) is 16.5. The van der Waals surface area contributed by atoms with Crippen LogP contribution in [-0.4, -0.2) is 24.0 Å². The van der Waals surface area contributed by atoms with E-state index in [4.69, 9.17) is 4.42 Å². The fourth-order valence-corrected chi connectivity index (χ4v) is 3.61. The highest BCUT2D eigenvalue weighted by atomic mass is 35.5. The summed E-state index contributed by atoms with van der Waals surface area (Å²) in [6.45, 7) is 4.34. The molecular formula is C19H26ClN3O2. The van der Waals surface area contributed by atoms with Gasteiger partial charge in [-0.3, -0.25) is 4.79 Å². The minimum Gasteiger partial charge on any atom is -0.440 e. The van der Waals surface area contributed by atoms with Gasteiger partial charge in [0.2, 0.25) is 5.91 Å². The van der Waals surface area contributed by atoms with Gasteiger partial charge in [-0.15, -0.1) is 12.4 Å². The van der Waals surface area contributed by atoms with Crippen LogP contribution >= 0.6 is 12.4 Å². The normalized spacial score (nSPS) is 19.4. The van der Waals surface area contributed by atoms with Crippen LogP contribution in [0.15, 0.2) is 22.6 Å². The Morgan fingerprint density at radius 2 is 2.08 bits per heavy atom. The van der Waals surface area contributed by atoms with Crippen LogP contribution in [0.2, 0.25) is 0 Å². The Bertz CT molecular complexity index is 735. The van der Waals surface area contributed by atoms with Gasteiger partial charge in [0, 0.05) is 18.0 Å². The Balaban J connectivity index is 0.00000182. The van der Waals surface area contributed by atoms with E-state index in [9.17, 15) is 4.79 Å². The van der Waals surface area contributed by atoms with Gasteiger partial charge >= 0.3 is 0 Å². The predicted molar refractivity (Wildman–Crippen MR) is 101 cm³/mol. The molecule has 0 bridgehead atoms.